The molecule has 1 rings (SSSR count). The minimum atomic E-state index is -0.657. The van der Waals surface area contributed by atoms with Gasteiger partial charge in [0.05, 0.1) is 17.0 Å². The van der Waals surface area contributed by atoms with Crippen molar-refractivity contribution in [2.24, 2.45) is 5.41 Å². The first-order chi connectivity index (χ1) is 7.85. The maximum absolute atomic E-state index is 13.4. The molecule has 17 heavy (non-hydrogen) atoms. The van der Waals surface area contributed by atoms with Crippen molar-refractivity contribution in [2.45, 2.75) is 20.8 Å². The highest BCUT2D eigenvalue weighted by Crippen LogP contribution is 2.13. The van der Waals surface area contributed by atoms with E-state index in [0.717, 1.165) is 5.56 Å². The molecule has 1 aromatic rings. The van der Waals surface area contributed by atoms with Crippen LogP contribution in [0.1, 0.15) is 29.8 Å². The molecule has 0 spiro atoms. The topological polar surface area (TPSA) is 52.9 Å². The second-order valence-electron chi connectivity index (χ2n) is 4.66. The van der Waals surface area contributed by atoms with Crippen LogP contribution in [0.3, 0.4) is 0 Å². The summed E-state index contributed by atoms with van der Waals surface area (Å²) < 4.78 is 13.4. The normalized spacial score (nSPS) is 10.8. The van der Waals surface area contributed by atoms with E-state index in [4.69, 9.17) is 5.26 Å². The van der Waals surface area contributed by atoms with E-state index >= 15 is 0 Å². The average molecular weight is 234 g/mol. The van der Waals surface area contributed by atoms with Crippen LogP contribution in [0.4, 0.5) is 4.39 Å². The summed E-state index contributed by atoms with van der Waals surface area (Å²) >= 11 is 0. The SMILES string of the molecule is Cc1ccc(F)c(C(=O)NCC(C)(C)C#N)c1. The fourth-order valence-corrected chi connectivity index (χ4v) is 1.25. The van der Waals surface area contributed by atoms with Gasteiger partial charge in [0.1, 0.15) is 5.82 Å². The fraction of sp³-hybridized carbons (Fsp3) is 0.385. The molecule has 0 bridgehead atoms. The first kappa shape index (κ1) is 13.2. The highest BCUT2D eigenvalue weighted by Gasteiger charge is 2.19. The van der Waals surface area contributed by atoms with E-state index in [1.165, 1.54) is 12.1 Å². The monoisotopic (exact) mass is 234 g/mol. The molecule has 0 radical (unpaired) electrons. The van der Waals surface area contributed by atoms with Crippen molar-refractivity contribution in [3.8, 4) is 6.07 Å². The van der Waals surface area contributed by atoms with Gasteiger partial charge >= 0.3 is 0 Å². The molecular weight excluding hydrogens is 219 g/mol. The fourth-order valence-electron chi connectivity index (χ4n) is 1.25. The van der Waals surface area contributed by atoms with Gasteiger partial charge in [-0.1, -0.05) is 11.6 Å². The van der Waals surface area contributed by atoms with Crippen LogP contribution in [0.15, 0.2) is 18.2 Å². The Hall–Kier alpha value is -1.89. The molecule has 0 saturated carbocycles. The van der Waals surface area contributed by atoms with Crippen LogP contribution in [0.2, 0.25) is 0 Å². The largest absolute Gasteiger partial charge is 0.350 e. The third-order valence-corrected chi connectivity index (χ3v) is 2.36. The molecule has 0 heterocycles. The lowest BCUT2D eigenvalue weighted by Crippen LogP contribution is -2.33. The van der Waals surface area contributed by atoms with Crippen LogP contribution in [0, 0.1) is 29.5 Å². The predicted molar refractivity (Wildman–Crippen MR) is 62.9 cm³/mol. The summed E-state index contributed by atoms with van der Waals surface area (Å²) in [4.78, 5) is 11.7. The summed E-state index contributed by atoms with van der Waals surface area (Å²) in [6, 6.07) is 6.42. The number of hydrogen-bond donors (Lipinski definition) is 1. The van der Waals surface area contributed by atoms with Crippen molar-refractivity contribution in [1.29, 1.82) is 5.26 Å². The number of rotatable bonds is 3. The average Bonchev–Trinajstić information content (AvgIpc) is 2.29. The maximum Gasteiger partial charge on any atom is 0.254 e. The molecule has 1 aromatic carbocycles. The molecule has 0 atom stereocenters. The van der Waals surface area contributed by atoms with Crippen molar-refractivity contribution in [2.75, 3.05) is 6.54 Å². The summed E-state index contributed by atoms with van der Waals surface area (Å²) in [6.07, 6.45) is 0. The van der Waals surface area contributed by atoms with Gasteiger partial charge in [-0.15, -0.1) is 0 Å². The van der Waals surface area contributed by atoms with Crippen molar-refractivity contribution in [3.05, 3.63) is 35.1 Å². The number of nitrogens with one attached hydrogen (secondary N) is 1. The van der Waals surface area contributed by atoms with Gasteiger partial charge in [0.15, 0.2) is 0 Å². The molecule has 0 aromatic heterocycles. The molecule has 0 aliphatic carbocycles. The van der Waals surface area contributed by atoms with Gasteiger partial charge in [-0.05, 0) is 32.9 Å². The second kappa shape index (κ2) is 4.96. The smallest absolute Gasteiger partial charge is 0.254 e. The van der Waals surface area contributed by atoms with E-state index in [1.807, 2.05) is 0 Å². The number of amides is 1. The molecule has 0 unspecified atom stereocenters. The lowest BCUT2D eigenvalue weighted by Gasteiger charge is -2.16. The highest BCUT2D eigenvalue weighted by molar-refractivity contribution is 5.94. The zero-order valence-corrected chi connectivity index (χ0v) is 10.2. The van der Waals surface area contributed by atoms with Crippen molar-refractivity contribution in [3.63, 3.8) is 0 Å². The molecular formula is C13H15FN2O. The van der Waals surface area contributed by atoms with E-state index in [1.54, 1.807) is 26.8 Å². The number of hydrogen-bond acceptors (Lipinski definition) is 2. The molecule has 4 heteroatoms. The standard InChI is InChI=1S/C13H15FN2O/c1-9-4-5-11(14)10(6-9)12(17)16-8-13(2,3)7-15/h4-6H,8H2,1-3H3,(H,16,17). The van der Waals surface area contributed by atoms with Gasteiger partial charge in [0.25, 0.3) is 5.91 Å². The van der Waals surface area contributed by atoms with Crippen molar-refractivity contribution in [1.82, 2.24) is 5.32 Å². The number of halogens is 1. The van der Waals surface area contributed by atoms with Crippen molar-refractivity contribution >= 4 is 5.91 Å². The van der Waals surface area contributed by atoms with Crippen LogP contribution in [0.5, 0.6) is 0 Å². The van der Waals surface area contributed by atoms with Gasteiger partial charge in [0, 0.05) is 6.54 Å². The maximum atomic E-state index is 13.4. The molecule has 1 amide bonds. The second-order valence-corrected chi connectivity index (χ2v) is 4.66. The third kappa shape index (κ3) is 3.56. The van der Waals surface area contributed by atoms with E-state index in [9.17, 15) is 9.18 Å². The van der Waals surface area contributed by atoms with Crippen LogP contribution in [-0.4, -0.2) is 12.5 Å². The summed E-state index contributed by atoms with van der Waals surface area (Å²) in [5, 5.41) is 11.4. The number of nitriles is 1. The predicted octanol–water partition coefficient (Wildman–Crippen LogP) is 2.41. The van der Waals surface area contributed by atoms with E-state index in [0.29, 0.717) is 0 Å². The van der Waals surface area contributed by atoms with Crippen LogP contribution >= 0.6 is 0 Å². The van der Waals surface area contributed by atoms with Gasteiger partial charge < -0.3 is 5.32 Å². The van der Waals surface area contributed by atoms with Gasteiger partial charge in [-0.2, -0.15) is 5.26 Å². The Kier molecular flexibility index (Phi) is 3.84. The Bertz CT molecular complexity index is 475. The lowest BCUT2D eigenvalue weighted by atomic mass is 9.96. The van der Waals surface area contributed by atoms with E-state index in [-0.39, 0.29) is 12.1 Å². The first-order valence-corrected chi connectivity index (χ1v) is 5.31. The third-order valence-electron chi connectivity index (χ3n) is 2.36. The Morgan fingerprint density at radius 2 is 2.18 bits per heavy atom. The zero-order chi connectivity index (χ0) is 13.1. The molecule has 0 fully saturated rings. The lowest BCUT2D eigenvalue weighted by molar-refractivity contribution is 0.0939. The van der Waals surface area contributed by atoms with Crippen LogP contribution in [0.25, 0.3) is 0 Å². The number of nitrogens with zero attached hydrogens (tertiary/aromatic N) is 1. The summed E-state index contributed by atoms with van der Waals surface area (Å²) in [5.41, 5.74) is 0.172. The quantitative estimate of drug-likeness (QED) is 0.873. The molecule has 0 aliphatic rings. The van der Waals surface area contributed by atoms with E-state index in [2.05, 4.69) is 11.4 Å². The zero-order valence-electron chi connectivity index (χ0n) is 10.2. The Morgan fingerprint density at radius 3 is 2.76 bits per heavy atom. The minimum absolute atomic E-state index is 0.0127. The van der Waals surface area contributed by atoms with Gasteiger partial charge in [0.2, 0.25) is 0 Å². The Labute approximate surface area is 100 Å². The summed E-state index contributed by atoms with van der Waals surface area (Å²) in [6.45, 7) is 5.39. The minimum Gasteiger partial charge on any atom is -0.350 e. The van der Waals surface area contributed by atoms with E-state index < -0.39 is 17.1 Å². The molecule has 0 aliphatic heterocycles. The van der Waals surface area contributed by atoms with Gasteiger partial charge in [-0.3, -0.25) is 4.79 Å². The van der Waals surface area contributed by atoms with Crippen LogP contribution < -0.4 is 5.32 Å². The molecule has 0 saturated heterocycles. The van der Waals surface area contributed by atoms with Crippen LogP contribution in [-0.2, 0) is 0 Å². The van der Waals surface area contributed by atoms with Gasteiger partial charge in [-0.25, -0.2) is 4.39 Å². The molecule has 90 valence electrons. The van der Waals surface area contributed by atoms with Crippen molar-refractivity contribution < 1.29 is 9.18 Å². The molecule has 3 nitrogen and oxygen atoms in total. The Balaban J connectivity index is 2.78. The number of carbonyl (C=O) groups is 1. The highest BCUT2D eigenvalue weighted by atomic mass is 19.1. The summed E-state index contributed by atoms with van der Waals surface area (Å²) in [7, 11) is 0. The summed E-state index contributed by atoms with van der Waals surface area (Å²) in [5.74, 6) is -1.04. The Morgan fingerprint density at radius 1 is 1.53 bits per heavy atom. The number of aryl methyl sites for hydroxylation is 1. The molecule has 1 N–H and O–H groups in total. The first-order valence-electron chi connectivity index (χ1n) is 5.31. The number of benzene rings is 1. The number of carbonyl (C=O) groups excluding carboxylic acids is 1.